The number of hydrogen-bond acceptors (Lipinski definition) is 6. The third kappa shape index (κ3) is 4.30. The van der Waals surface area contributed by atoms with Gasteiger partial charge in [0.25, 0.3) is 0 Å². The van der Waals surface area contributed by atoms with Gasteiger partial charge in [0.15, 0.2) is 0 Å². The topological polar surface area (TPSA) is 71.2 Å². The van der Waals surface area contributed by atoms with Crippen molar-refractivity contribution in [1.82, 2.24) is 10.6 Å². The second kappa shape index (κ2) is 8.90. The highest BCUT2D eigenvalue weighted by molar-refractivity contribution is 6.02. The molecule has 0 amide bonds. The molecule has 0 atom stereocenters. The van der Waals surface area contributed by atoms with Gasteiger partial charge in [0.2, 0.25) is 0 Å². The monoisotopic (exact) mass is 448 g/mol. The zero-order chi connectivity index (χ0) is 22.7. The highest BCUT2D eigenvalue weighted by atomic mass is 16.5. The van der Waals surface area contributed by atoms with Crippen molar-refractivity contribution in [3.63, 3.8) is 0 Å². The fraction of sp³-hybridized carbons (Fsp3) is 0.143. The van der Waals surface area contributed by atoms with E-state index in [-0.39, 0.29) is 0 Å². The van der Waals surface area contributed by atoms with Gasteiger partial charge < -0.3 is 19.8 Å². The summed E-state index contributed by atoms with van der Waals surface area (Å²) in [6, 6.07) is 24.2. The van der Waals surface area contributed by atoms with Gasteiger partial charge in [-0.1, -0.05) is 18.2 Å². The maximum atomic E-state index is 5.99. The molecule has 0 saturated carbocycles. The minimum Gasteiger partial charge on any atom is -0.457 e. The summed E-state index contributed by atoms with van der Waals surface area (Å²) in [6.07, 6.45) is 4.02. The molecule has 0 aliphatic carbocycles. The molecule has 2 aliphatic heterocycles. The molecule has 0 spiro atoms. The van der Waals surface area contributed by atoms with Crippen LogP contribution < -0.4 is 15.4 Å². The first kappa shape index (κ1) is 20.3. The van der Waals surface area contributed by atoms with Gasteiger partial charge in [-0.25, -0.2) is 0 Å². The first-order chi connectivity index (χ1) is 16.8. The minimum atomic E-state index is 0.793. The van der Waals surface area contributed by atoms with E-state index in [1.165, 1.54) is 0 Å². The van der Waals surface area contributed by atoms with E-state index in [0.29, 0.717) is 0 Å². The van der Waals surface area contributed by atoms with Crippen LogP contribution >= 0.6 is 0 Å². The molecular weight excluding hydrogens is 424 g/mol. The number of aliphatic imine (C=N–C) groups is 2. The normalized spacial score (nSPS) is 15.3. The molecule has 2 aliphatic rings. The maximum Gasteiger partial charge on any atom is 0.134 e. The molecule has 6 rings (SSSR count). The van der Waals surface area contributed by atoms with Crippen molar-refractivity contribution in [1.29, 1.82) is 0 Å². The van der Waals surface area contributed by atoms with E-state index in [1.54, 1.807) is 0 Å². The Morgan fingerprint density at radius 1 is 0.706 bits per heavy atom. The molecule has 4 aromatic rings. The molecule has 0 bridgehead atoms. The highest BCUT2D eigenvalue weighted by Gasteiger charge is 2.10. The van der Waals surface area contributed by atoms with Gasteiger partial charge in [-0.05, 0) is 72.3 Å². The number of furan rings is 1. The largest absolute Gasteiger partial charge is 0.457 e. The van der Waals surface area contributed by atoms with E-state index in [2.05, 4.69) is 32.8 Å². The van der Waals surface area contributed by atoms with Crippen LogP contribution in [0.4, 0.5) is 0 Å². The van der Waals surface area contributed by atoms with Gasteiger partial charge in [-0.3, -0.25) is 9.98 Å². The summed E-state index contributed by atoms with van der Waals surface area (Å²) in [5.41, 5.74) is 4.11. The molecule has 2 N–H and O–H groups in total. The Morgan fingerprint density at radius 3 is 2.03 bits per heavy atom. The number of nitrogens with zero attached hydrogens (tertiary/aromatic N) is 2. The summed E-state index contributed by atoms with van der Waals surface area (Å²) in [5, 5.41) is 7.66. The number of hydrogen-bond donors (Lipinski definition) is 2. The summed E-state index contributed by atoms with van der Waals surface area (Å²) in [6.45, 7) is 3.46. The third-order valence-corrected chi connectivity index (χ3v) is 5.84. The summed E-state index contributed by atoms with van der Waals surface area (Å²) in [7, 11) is 0. The molecular formula is C28H24N4O2. The molecule has 34 heavy (non-hydrogen) atoms. The van der Waals surface area contributed by atoms with E-state index in [4.69, 9.17) is 9.15 Å². The van der Waals surface area contributed by atoms with E-state index in [0.717, 1.165) is 82.8 Å². The summed E-state index contributed by atoms with van der Waals surface area (Å²) in [4.78, 5) is 8.94. The van der Waals surface area contributed by atoms with Crippen LogP contribution in [0.25, 0.3) is 23.1 Å². The van der Waals surface area contributed by atoms with Crippen LogP contribution in [0.5, 0.6) is 11.5 Å². The van der Waals surface area contributed by atoms with Crippen LogP contribution in [0.3, 0.4) is 0 Å². The van der Waals surface area contributed by atoms with Gasteiger partial charge in [-0.15, -0.1) is 0 Å². The van der Waals surface area contributed by atoms with Crippen LogP contribution in [0.1, 0.15) is 22.5 Å². The Hall–Kier alpha value is -4.32. The lowest BCUT2D eigenvalue weighted by Crippen LogP contribution is -2.19. The molecule has 0 fully saturated rings. The molecule has 3 aromatic carbocycles. The molecule has 3 heterocycles. The fourth-order valence-corrected chi connectivity index (χ4v) is 4.12. The number of fused-ring (bicyclic) bond motifs is 1. The first-order valence-electron chi connectivity index (χ1n) is 11.5. The number of amidine groups is 2. The molecule has 0 saturated heterocycles. The van der Waals surface area contributed by atoms with Gasteiger partial charge in [0.05, 0.1) is 13.1 Å². The lowest BCUT2D eigenvalue weighted by atomic mass is 10.1. The van der Waals surface area contributed by atoms with Crippen molar-refractivity contribution in [2.45, 2.75) is 0 Å². The van der Waals surface area contributed by atoms with E-state index >= 15 is 0 Å². The molecule has 6 heteroatoms. The quantitative estimate of drug-likeness (QED) is 0.431. The zero-order valence-corrected chi connectivity index (χ0v) is 18.6. The molecule has 6 nitrogen and oxygen atoms in total. The van der Waals surface area contributed by atoms with Gasteiger partial charge in [-0.2, -0.15) is 0 Å². The number of rotatable bonds is 6. The Morgan fingerprint density at radius 2 is 1.35 bits per heavy atom. The van der Waals surface area contributed by atoms with E-state index in [9.17, 15) is 0 Å². The van der Waals surface area contributed by atoms with Crippen molar-refractivity contribution in [2.24, 2.45) is 9.98 Å². The Balaban J connectivity index is 1.12. The molecule has 0 unspecified atom stereocenters. The van der Waals surface area contributed by atoms with Crippen molar-refractivity contribution < 1.29 is 9.15 Å². The summed E-state index contributed by atoms with van der Waals surface area (Å²) >= 11 is 0. The van der Waals surface area contributed by atoms with E-state index in [1.807, 2.05) is 72.8 Å². The predicted octanol–water partition coefficient (Wildman–Crippen LogP) is 5.10. The van der Waals surface area contributed by atoms with Crippen molar-refractivity contribution in [3.8, 4) is 11.5 Å². The number of ether oxygens (including phenoxy) is 1. The van der Waals surface area contributed by atoms with Crippen LogP contribution in [0, 0.1) is 0 Å². The van der Waals surface area contributed by atoms with E-state index < -0.39 is 0 Å². The van der Waals surface area contributed by atoms with Gasteiger partial charge in [0.1, 0.15) is 34.5 Å². The molecule has 1 aromatic heterocycles. The average Bonchev–Trinajstić information content (AvgIpc) is 3.65. The standard InChI is InChI=1S/C28H24N4O2/c1-7-23(33-24-10-4-20(5-11-24)27-29-13-14-30-27)8-2-19(1)3-9-25-18-22-17-21(6-12-26(22)34-25)28-31-15-16-32-28/h1-12,17-18H,13-16H2,(H,29,30)(H,31,32)/b9-3+. The average molecular weight is 449 g/mol. The van der Waals surface area contributed by atoms with Crippen LogP contribution in [-0.4, -0.2) is 37.9 Å². The van der Waals surface area contributed by atoms with Gasteiger partial charge >= 0.3 is 0 Å². The van der Waals surface area contributed by atoms with Crippen molar-refractivity contribution >= 4 is 34.8 Å². The minimum absolute atomic E-state index is 0.793. The van der Waals surface area contributed by atoms with Crippen molar-refractivity contribution in [3.05, 3.63) is 95.2 Å². The second-order valence-corrected chi connectivity index (χ2v) is 8.24. The summed E-state index contributed by atoms with van der Waals surface area (Å²) < 4.78 is 12.0. The SMILES string of the molecule is C(=C\c1cc2cc(C3=NCCN3)ccc2o1)/c1ccc(Oc2ccc(C3=NCCN3)cc2)cc1. The van der Waals surface area contributed by atoms with Crippen molar-refractivity contribution in [2.75, 3.05) is 26.2 Å². The van der Waals surface area contributed by atoms with Crippen LogP contribution in [-0.2, 0) is 0 Å². The number of benzene rings is 3. The maximum absolute atomic E-state index is 5.99. The smallest absolute Gasteiger partial charge is 0.134 e. The predicted molar refractivity (Wildman–Crippen MR) is 137 cm³/mol. The second-order valence-electron chi connectivity index (χ2n) is 8.24. The lowest BCUT2D eigenvalue weighted by Gasteiger charge is -2.07. The Labute approximate surface area is 197 Å². The summed E-state index contributed by atoms with van der Waals surface area (Å²) in [5.74, 6) is 4.31. The highest BCUT2D eigenvalue weighted by Crippen LogP contribution is 2.25. The number of nitrogens with one attached hydrogen (secondary N) is 2. The van der Waals surface area contributed by atoms with Gasteiger partial charge in [0, 0.05) is 29.6 Å². The Kier molecular flexibility index (Phi) is 5.32. The Bertz CT molecular complexity index is 1410. The lowest BCUT2D eigenvalue weighted by molar-refractivity contribution is 0.482. The third-order valence-electron chi connectivity index (χ3n) is 5.84. The van der Waals surface area contributed by atoms with Crippen LogP contribution in [0.15, 0.2) is 87.2 Å². The zero-order valence-electron chi connectivity index (χ0n) is 18.6. The first-order valence-corrected chi connectivity index (χ1v) is 11.5. The van der Waals surface area contributed by atoms with Crippen LogP contribution in [0.2, 0.25) is 0 Å². The molecule has 0 radical (unpaired) electrons. The fourth-order valence-electron chi connectivity index (χ4n) is 4.12. The molecule has 168 valence electrons.